The number of carbonyl (C=O) groups is 2. The highest BCUT2D eigenvalue weighted by molar-refractivity contribution is 14.1. The lowest BCUT2D eigenvalue weighted by molar-refractivity contribution is -0.141. The quantitative estimate of drug-likeness (QED) is 0.704. The number of benzene rings is 1. The summed E-state index contributed by atoms with van der Waals surface area (Å²) in [5, 5.41) is 20.4. The van der Waals surface area contributed by atoms with Crippen molar-refractivity contribution in [3.05, 3.63) is 33.4 Å². The summed E-state index contributed by atoms with van der Waals surface area (Å²) in [5.41, 5.74) is 0.389. The van der Waals surface area contributed by atoms with E-state index in [1.807, 2.05) is 22.6 Å². The van der Waals surface area contributed by atoms with E-state index in [2.05, 4.69) is 5.32 Å². The number of aliphatic hydroxyl groups excluding tert-OH is 1. The molecule has 1 aromatic carbocycles. The minimum absolute atomic E-state index is 0.389. The molecule has 0 bridgehead atoms. The fourth-order valence-corrected chi connectivity index (χ4v) is 1.89. The van der Waals surface area contributed by atoms with Gasteiger partial charge in [0.2, 0.25) is 0 Å². The molecule has 0 aliphatic rings. The first kappa shape index (κ1) is 13.9. The largest absolute Gasteiger partial charge is 0.480 e. The first-order valence-electron chi connectivity index (χ1n) is 4.89. The number of aliphatic carboxylic acids is 1. The predicted molar refractivity (Wildman–Crippen MR) is 69.7 cm³/mol. The Bertz CT molecular complexity index is 433. The molecule has 17 heavy (non-hydrogen) atoms. The average molecular weight is 349 g/mol. The molecule has 0 aliphatic carbocycles. The summed E-state index contributed by atoms with van der Waals surface area (Å²) in [7, 11) is 0. The molecule has 0 unspecified atom stereocenters. The van der Waals surface area contributed by atoms with Gasteiger partial charge in [-0.05, 0) is 41.6 Å². The maximum Gasteiger partial charge on any atom is 0.328 e. The van der Waals surface area contributed by atoms with Gasteiger partial charge >= 0.3 is 5.97 Å². The Labute approximate surface area is 112 Å². The lowest BCUT2D eigenvalue weighted by Gasteiger charge is -2.17. The van der Waals surface area contributed by atoms with Crippen molar-refractivity contribution >= 4 is 34.5 Å². The van der Waals surface area contributed by atoms with Crippen LogP contribution in [0.1, 0.15) is 17.3 Å². The second-order valence-corrected chi connectivity index (χ2v) is 4.67. The molecule has 0 spiro atoms. The van der Waals surface area contributed by atoms with Crippen molar-refractivity contribution in [1.82, 2.24) is 5.32 Å². The van der Waals surface area contributed by atoms with Gasteiger partial charge in [-0.25, -0.2) is 4.79 Å². The lowest BCUT2D eigenvalue weighted by Crippen LogP contribution is -2.47. The van der Waals surface area contributed by atoms with Crippen LogP contribution in [0.25, 0.3) is 0 Å². The van der Waals surface area contributed by atoms with Crippen molar-refractivity contribution in [1.29, 1.82) is 0 Å². The van der Waals surface area contributed by atoms with Crippen LogP contribution in [-0.4, -0.2) is 34.2 Å². The third kappa shape index (κ3) is 3.67. The molecule has 1 amide bonds. The minimum Gasteiger partial charge on any atom is -0.480 e. The third-order valence-corrected chi connectivity index (χ3v) is 3.09. The highest BCUT2D eigenvalue weighted by Gasteiger charge is 2.25. The zero-order chi connectivity index (χ0) is 13.0. The van der Waals surface area contributed by atoms with Gasteiger partial charge in [-0.1, -0.05) is 12.1 Å². The highest BCUT2D eigenvalue weighted by Crippen LogP contribution is 2.11. The first-order valence-corrected chi connectivity index (χ1v) is 5.97. The molecule has 0 fully saturated rings. The molecule has 0 aromatic heterocycles. The van der Waals surface area contributed by atoms with Gasteiger partial charge in [0.1, 0.15) is 0 Å². The van der Waals surface area contributed by atoms with Crippen molar-refractivity contribution < 1.29 is 19.8 Å². The van der Waals surface area contributed by atoms with Crippen molar-refractivity contribution in [2.75, 3.05) is 0 Å². The van der Waals surface area contributed by atoms with E-state index < -0.39 is 24.0 Å². The summed E-state index contributed by atoms with van der Waals surface area (Å²) in [5.74, 6) is -1.78. The number of hydrogen-bond acceptors (Lipinski definition) is 3. The minimum atomic E-state index is -1.31. The number of amides is 1. The van der Waals surface area contributed by atoms with Crippen molar-refractivity contribution in [2.45, 2.75) is 19.1 Å². The number of hydrogen-bond donors (Lipinski definition) is 3. The zero-order valence-electron chi connectivity index (χ0n) is 9.05. The van der Waals surface area contributed by atoms with E-state index in [1.165, 1.54) is 6.92 Å². The number of aliphatic hydroxyl groups is 1. The van der Waals surface area contributed by atoms with Crippen LogP contribution in [0.3, 0.4) is 0 Å². The second kappa shape index (κ2) is 5.97. The third-order valence-electron chi connectivity index (χ3n) is 2.15. The van der Waals surface area contributed by atoms with Crippen LogP contribution >= 0.6 is 22.6 Å². The Morgan fingerprint density at radius 1 is 1.35 bits per heavy atom. The Morgan fingerprint density at radius 3 is 2.41 bits per heavy atom. The molecular formula is C11H12INO4. The molecule has 0 aliphatic heterocycles. The molecule has 5 nitrogen and oxygen atoms in total. The zero-order valence-corrected chi connectivity index (χ0v) is 11.2. The summed E-state index contributed by atoms with van der Waals surface area (Å²) in [6.45, 7) is 1.31. The van der Waals surface area contributed by atoms with E-state index in [0.717, 1.165) is 3.57 Å². The van der Waals surface area contributed by atoms with E-state index in [-0.39, 0.29) is 0 Å². The molecular weight excluding hydrogens is 337 g/mol. The van der Waals surface area contributed by atoms with Gasteiger partial charge in [0.25, 0.3) is 5.91 Å². The van der Waals surface area contributed by atoms with Crippen LogP contribution in [0, 0.1) is 3.57 Å². The Morgan fingerprint density at radius 2 is 1.94 bits per heavy atom. The van der Waals surface area contributed by atoms with E-state index in [1.54, 1.807) is 24.3 Å². The number of carboxylic acid groups (broad SMARTS) is 1. The normalized spacial score (nSPS) is 13.8. The molecule has 0 heterocycles. The Hall–Kier alpha value is -1.15. The van der Waals surface area contributed by atoms with Crippen LogP contribution in [0.15, 0.2) is 24.3 Å². The Balaban J connectivity index is 2.85. The van der Waals surface area contributed by atoms with E-state index in [4.69, 9.17) is 5.11 Å². The SMILES string of the molecule is C[C@@H](O)[C@H](NC(=O)c1ccccc1I)C(=O)O. The average Bonchev–Trinajstić information content (AvgIpc) is 2.25. The Kier molecular flexibility index (Phi) is 4.88. The van der Waals surface area contributed by atoms with Gasteiger partial charge in [-0.2, -0.15) is 0 Å². The topological polar surface area (TPSA) is 86.6 Å². The number of carboxylic acids is 1. The summed E-state index contributed by atoms with van der Waals surface area (Å²) < 4.78 is 0.720. The summed E-state index contributed by atoms with van der Waals surface area (Å²) in [6.07, 6.45) is -1.15. The van der Waals surface area contributed by atoms with Gasteiger partial charge in [0.15, 0.2) is 6.04 Å². The van der Waals surface area contributed by atoms with Crippen LogP contribution in [0.4, 0.5) is 0 Å². The van der Waals surface area contributed by atoms with E-state index >= 15 is 0 Å². The molecule has 2 atom stereocenters. The summed E-state index contributed by atoms with van der Waals surface area (Å²) >= 11 is 1.99. The molecule has 0 saturated carbocycles. The molecule has 1 rings (SSSR count). The molecule has 3 N–H and O–H groups in total. The second-order valence-electron chi connectivity index (χ2n) is 3.51. The molecule has 6 heteroatoms. The number of nitrogens with one attached hydrogen (secondary N) is 1. The van der Waals surface area contributed by atoms with Gasteiger partial charge in [0, 0.05) is 3.57 Å². The van der Waals surface area contributed by atoms with Crippen LogP contribution in [-0.2, 0) is 4.79 Å². The monoisotopic (exact) mass is 349 g/mol. The van der Waals surface area contributed by atoms with Gasteiger partial charge in [-0.3, -0.25) is 4.79 Å². The fraction of sp³-hybridized carbons (Fsp3) is 0.273. The van der Waals surface area contributed by atoms with Crippen molar-refractivity contribution in [2.24, 2.45) is 0 Å². The van der Waals surface area contributed by atoms with Crippen LogP contribution in [0.5, 0.6) is 0 Å². The van der Waals surface area contributed by atoms with Crippen LogP contribution < -0.4 is 5.32 Å². The van der Waals surface area contributed by atoms with E-state index in [9.17, 15) is 14.7 Å². The summed E-state index contributed by atoms with van der Waals surface area (Å²) in [6, 6.07) is 5.50. The predicted octanol–water partition coefficient (Wildman–Crippen LogP) is 0.855. The number of carbonyl (C=O) groups excluding carboxylic acids is 1. The number of rotatable bonds is 4. The van der Waals surface area contributed by atoms with Crippen molar-refractivity contribution in [3.63, 3.8) is 0 Å². The first-order chi connectivity index (χ1) is 7.93. The highest BCUT2D eigenvalue weighted by atomic mass is 127. The smallest absolute Gasteiger partial charge is 0.328 e. The summed E-state index contributed by atoms with van der Waals surface area (Å²) in [4.78, 5) is 22.6. The van der Waals surface area contributed by atoms with Gasteiger partial charge in [-0.15, -0.1) is 0 Å². The standard InChI is InChI=1S/C11H12INO4/c1-6(14)9(11(16)17)13-10(15)7-4-2-3-5-8(7)12/h2-6,9,14H,1H3,(H,13,15)(H,16,17)/t6-,9+/m1/s1. The molecule has 92 valence electrons. The maximum atomic E-state index is 11.8. The molecule has 0 saturated heterocycles. The molecule has 1 aromatic rings. The van der Waals surface area contributed by atoms with Gasteiger partial charge < -0.3 is 15.5 Å². The van der Waals surface area contributed by atoms with Crippen molar-refractivity contribution in [3.8, 4) is 0 Å². The maximum absolute atomic E-state index is 11.8. The van der Waals surface area contributed by atoms with E-state index in [0.29, 0.717) is 5.56 Å². The van der Waals surface area contributed by atoms with Gasteiger partial charge in [0.05, 0.1) is 11.7 Å². The van der Waals surface area contributed by atoms with Crippen LogP contribution in [0.2, 0.25) is 0 Å². The number of halogens is 1. The lowest BCUT2D eigenvalue weighted by atomic mass is 10.1. The molecule has 0 radical (unpaired) electrons. The fourth-order valence-electron chi connectivity index (χ4n) is 1.25.